The lowest BCUT2D eigenvalue weighted by molar-refractivity contribution is -0.123. The van der Waals surface area contributed by atoms with Crippen molar-refractivity contribution in [3.05, 3.63) is 18.2 Å². The van der Waals surface area contributed by atoms with Crippen molar-refractivity contribution in [1.29, 1.82) is 0 Å². The van der Waals surface area contributed by atoms with Gasteiger partial charge in [-0.15, -0.1) is 0 Å². The van der Waals surface area contributed by atoms with Crippen LogP contribution in [0.1, 0.15) is 32.5 Å². The lowest BCUT2D eigenvalue weighted by Crippen LogP contribution is -2.35. The Labute approximate surface area is 89.7 Å². The molecule has 0 saturated carbocycles. The van der Waals surface area contributed by atoms with Gasteiger partial charge in [-0.25, -0.2) is 4.98 Å². The predicted octanol–water partition coefficient (Wildman–Crippen LogP) is 0.384. The Hall–Kier alpha value is -1.36. The van der Waals surface area contributed by atoms with E-state index in [9.17, 15) is 4.79 Å². The van der Waals surface area contributed by atoms with Crippen molar-refractivity contribution in [2.24, 2.45) is 5.73 Å². The van der Waals surface area contributed by atoms with E-state index in [0.717, 1.165) is 5.69 Å². The normalized spacial score (nSPS) is 13.7. The van der Waals surface area contributed by atoms with Crippen LogP contribution >= 0.6 is 0 Å². The van der Waals surface area contributed by atoms with Crippen LogP contribution in [-0.2, 0) is 10.3 Å². The lowest BCUT2D eigenvalue weighted by Gasteiger charge is -2.23. The van der Waals surface area contributed by atoms with E-state index >= 15 is 0 Å². The maximum absolute atomic E-state index is 11.5. The molecule has 1 aromatic rings. The highest BCUT2D eigenvalue weighted by Gasteiger charge is 2.23. The number of imidazole rings is 1. The summed E-state index contributed by atoms with van der Waals surface area (Å²) < 4.78 is 1.79. The highest BCUT2D eigenvalue weighted by atomic mass is 16.2. The molecule has 3 N–H and O–H groups in total. The van der Waals surface area contributed by atoms with E-state index < -0.39 is 5.54 Å². The Bertz CT molecular complexity index is 351. The number of nitrogens with one attached hydrogen (secondary N) is 1. The van der Waals surface area contributed by atoms with E-state index in [-0.39, 0.29) is 11.9 Å². The highest BCUT2D eigenvalue weighted by molar-refractivity contribution is 5.79. The van der Waals surface area contributed by atoms with Gasteiger partial charge in [0, 0.05) is 7.05 Å². The number of carbonyl (C=O) groups is 1. The summed E-state index contributed by atoms with van der Waals surface area (Å²) in [6, 6.07) is -0.296. The van der Waals surface area contributed by atoms with E-state index in [0.29, 0.717) is 0 Å². The van der Waals surface area contributed by atoms with Crippen LogP contribution in [0.4, 0.5) is 0 Å². The molecule has 0 radical (unpaired) electrons. The number of hydrogen-bond acceptors (Lipinski definition) is 3. The van der Waals surface area contributed by atoms with E-state index in [1.807, 2.05) is 20.8 Å². The number of aromatic nitrogens is 2. The van der Waals surface area contributed by atoms with Gasteiger partial charge < -0.3 is 15.6 Å². The average Bonchev–Trinajstić information content (AvgIpc) is 2.63. The molecule has 5 nitrogen and oxygen atoms in total. The number of likely N-dealkylation sites (N-methyl/N-ethyl adjacent to an activating group) is 1. The van der Waals surface area contributed by atoms with Crippen LogP contribution in [0.2, 0.25) is 0 Å². The maximum Gasteiger partial charge on any atom is 0.242 e. The Balaban J connectivity index is 3.05. The fourth-order valence-corrected chi connectivity index (χ4v) is 1.45. The Kier molecular flexibility index (Phi) is 3.14. The molecule has 0 aliphatic carbocycles. The summed E-state index contributed by atoms with van der Waals surface area (Å²) in [7, 11) is 1.61. The molecule has 1 heterocycles. The zero-order chi connectivity index (χ0) is 11.6. The van der Waals surface area contributed by atoms with Gasteiger partial charge in [-0.3, -0.25) is 4.79 Å². The third-order valence-electron chi connectivity index (χ3n) is 2.37. The van der Waals surface area contributed by atoms with Gasteiger partial charge in [0.15, 0.2) is 0 Å². The van der Waals surface area contributed by atoms with Crippen molar-refractivity contribution >= 4 is 5.91 Å². The lowest BCUT2D eigenvalue weighted by atomic mass is 10.0. The summed E-state index contributed by atoms with van der Waals surface area (Å²) in [5.74, 6) is -0.0569. The van der Waals surface area contributed by atoms with Crippen molar-refractivity contribution in [2.45, 2.75) is 32.4 Å². The first kappa shape index (κ1) is 11.7. The van der Waals surface area contributed by atoms with Gasteiger partial charge in [-0.2, -0.15) is 0 Å². The van der Waals surface area contributed by atoms with Crippen molar-refractivity contribution in [3.63, 3.8) is 0 Å². The van der Waals surface area contributed by atoms with Crippen LogP contribution in [0.5, 0.6) is 0 Å². The quantitative estimate of drug-likeness (QED) is 0.757. The Morgan fingerprint density at radius 1 is 1.67 bits per heavy atom. The van der Waals surface area contributed by atoms with Crippen LogP contribution in [0.25, 0.3) is 0 Å². The van der Waals surface area contributed by atoms with Crippen molar-refractivity contribution in [1.82, 2.24) is 14.9 Å². The third kappa shape index (κ3) is 2.36. The summed E-state index contributed by atoms with van der Waals surface area (Å²) in [6.45, 7) is 5.59. The molecule has 0 aliphatic heterocycles. The van der Waals surface area contributed by atoms with Crippen LogP contribution < -0.4 is 11.1 Å². The monoisotopic (exact) mass is 210 g/mol. The van der Waals surface area contributed by atoms with E-state index in [1.54, 1.807) is 24.1 Å². The summed E-state index contributed by atoms with van der Waals surface area (Å²) in [5, 5.41) is 2.60. The molecular formula is C10H18N4O. The fourth-order valence-electron chi connectivity index (χ4n) is 1.45. The minimum atomic E-state index is -0.501. The SMILES string of the molecule is CNC(=O)C(C)n1cncc1C(C)(C)N. The topological polar surface area (TPSA) is 72.9 Å². The number of nitrogens with zero attached hydrogens (tertiary/aromatic N) is 2. The molecule has 84 valence electrons. The van der Waals surface area contributed by atoms with Crippen LogP contribution in [-0.4, -0.2) is 22.5 Å². The van der Waals surface area contributed by atoms with Gasteiger partial charge in [0.25, 0.3) is 0 Å². The first-order valence-corrected chi connectivity index (χ1v) is 4.90. The molecule has 1 rings (SSSR count). The second kappa shape index (κ2) is 4.02. The smallest absolute Gasteiger partial charge is 0.242 e. The van der Waals surface area contributed by atoms with Gasteiger partial charge >= 0.3 is 0 Å². The third-order valence-corrected chi connectivity index (χ3v) is 2.37. The van der Waals surface area contributed by atoms with Gasteiger partial charge in [0.05, 0.1) is 23.8 Å². The molecule has 0 aromatic carbocycles. The molecule has 1 atom stereocenters. The second-order valence-corrected chi connectivity index (χ2v) is 4.20. The molecule has 5 heteroatoms. The maximum atomic E-state index is 11.5. The molecule has 1 amide bonds. The van der Waals surface area contributed by atoms with E-state index in [1.165, 1.54) is 0 Å². The van der Waals surface area contributed by atoms with Gasteiger partial charge in [0.2, 0.25) is 5.91 Å². The standard InChI is InChI=1S/C10H18N4O/c1-7(9(15)12-4)14-6-13-5-8(14)10(2,3)11/h5-7H,11H2,1-4H3,(H,12,15). The highest BCUT2D eigenvalue weighted by Crippen LogP contribution is 2.20. The summed E-state index contributed by atoms with van der Waals surface area (Å²) in [4.78, 5) is 15.5. The van der Waals surface area contributed by atoms with Gasteiger partial charge in [-0.05, 0) is 20.8 Å². The summed E-state index contributed by atoms with van der Waals surface area (Å²) in [5.41, 5.74) is 6.33. The van der Waals surface area contributed by atoms with Crippen molar-refractivity contribution < 1.29 is 4.79 Å². The fraction of sp³-hybridized carbons (Fsp3) is 0.600. The minimum Gasteiger partial charge on any atom is -0.357 e. The summed E-state index contributed by atoms with van der Waals surface area (Å²) >= 11 is 0. The van der Waals surface area contributed by atoms with Gasteiger partial charge in [0.1, 0.15) is 6.04 Å². The van der Waals surface area contributed by atoms with Crippen LogP contribution in [0, 0.1) is 0 Å². The molecule has 0 saturated heterocycles. The number of rotatable bonds is 3. The summed E-state index contributed by atoms with van der Waals surface area (Å²) in [6.07, 6.45) is 3.32. The zero-order valence-electron chi connectivity index (χ0n) is 9.61. The number of amides is 1. The molecule has 0 bridgehead atoms. The molecule has 0 spiro atoms. The van der Waals surface area contributed by atoms with Crippen molar-refractivity contribution in [3.8, 4) is 0 Å². The van der Waals surface area contributed by atoms with E-state index in [4.69, 9.17) is 5.73 Å². The molecule has 0 fully saturated rings. The zero-order valence-corrected chi connectivity index (χ0v) is 9.61. The molecule has 1 aromatic heterocycles. The van der Waals surface area contributed by atoms with Crippen LogP contribution in [0.15, 0.2) is 12.5 Å². The number of carbonyl (C=O) groups excluding carboxylic acids is 1. The van der Waals surface area contributed by atoms with Crippen molar-refractivity contribution in [2.75, 3.05) is 7.05 Å². The largest absolute Gasteiger partial charge is 0.357 e. The second-order valence-electron chi connectivity index (χ2n) is 4.20. The first-order valence-electron chi connectivity index (χ1n) is 4.90. The number of nitrogens with two attached hydrogens (primary N) is 1. The van der Waals surface area contributed by atoms with Crippen LogP contribution in [0.3, 0.4) is 0 Å². The molecular weight excluding hydrogens is 192 g/mol. The molecule has 1 unspecified atom stereocenters. The van der Waals surface area contributed by atoms with E-state index in [2.05, 4.69) is 10.3 Å². The molecule has 15 heavy (non-hydrogen) atoms. The predicted molar refractivity (Wildman–Crippen MR) is 58.2 cm³/mol. The minimum absolute atomic E-state index is 0.0569. The first-order chi connectivity index (χ1) is 6.88. The van der Waals surface area contributed by atoms with Gasteiger partial charge in [-0.1, -0.05) is 0 Å². The average molecular weight is 210 g/mol. The Morgan fingerprint density at radius 3 is 2.73 bits per heavy atom. The molecule has 0 aliphatic rings. The number of hydrogen-bond donors (Lipinski definition) is 2. The Morgan fingerprint density at radius 2 is 2.27 bits per heavy atom.